The average Bonchev–Trinajstić information content (AvgIpc) is 2.52. The quantitative estimate of drug-likeness (QED) is 0.755. The molecule has 0 fully saturated rings. The fraction of sp³-hybridized carbons (Fsp3) is 0.400. The zero-order valence-corrected chi connectivity index (χ0v) is 13.7. The van der Waals surface area contributed by atoms with Crippen molar-refractivity contribution >= 4 is 10.8 Å². The van der Waals surface area contributed by atoms with Gasteiger partial charge in [-0.2, -0.15) is 10.5 Å². The molecule has 2 rings (SSSR count). The molecular weight excluding hydrogens is 268 g/mol. The number of nitrogens with zero attached hydrogens (tertiary/aromatic N) is 2. The molecule has 0 N–H and O–H groups in total. The minimum Gasteiger partial charge on any atom is -0.198 e. The van der Waals surface area contributed by atoms with Crippen LogP contribution in [-0.2, 0) is 0 Å². The first-order valence-corrected chi connectivity index (χ1v) is 7.61. The normalized spacial score (nSPS) is 13.4. The van der Waals surface area contributed by atoms with E-state index in [1.54, 1.807) is 0 Å². The van der Waals surface area contributed by atoms with Crippen LogP contribution in [0.5, 0.6) is 0 Å². The molecule has 0 saturated carbocycles. The topological polar surface area (TPSA) is 47.6 Å². The fourth-order valence-corrected chi connectivity index (χ4v) is 2.94. The van der Waals surface area contributed by atoms with E-state index in [1.165, 1.54) is 10.8 Å². The summed E-state index contributed by atoms with van der Waals surface area (Å²) in [6.07, 6.45) is 0.665. The molecule has 1 atom stereocenters. The van der Waals surface area contributed by atoms with E-state index in [0.717, 1.165) is 5.56 Å². The lowest BCUT2D eigenvalue weighted by Crippen LogP contribution is -2.26. The zero-order chi connectivity index (χ0) is 16.4. The van der Waals surface area contributed by atoms with Crippen LogP contribution >= 0.6 is 0 Å². The van der Waals surface area contributed by atoms with Gasteiger partial charge in [0.25, 0.3) is 0 Å². The minimum atomic E-state index is -0.530. The van der Waals surface area contributed by atoms with E-state index in [0.29, 0.717) is 6.42 Å². The van der Waals surface area contributed by atoms with Crippen LogP contribution in [0.25, 0.3) is 10.8 Å². The standard InChI is InChI=1S/C20H22N2/c1-19(2,13-21)12-18(20(3,4)14-22)17-11-7-9-15-8-5-6-10-16(15)17/h5-11,18H,12H2,1-4H3/t18-/m1/s1. The highest BCUT2D eigenvalue weighted by molar-refractivity contribution is 5.86. The van der Waals surface area contributed by atoms with Crippen molar-refractivity contribution in [3.63, 3.8) is 0 Å². The van der Waals surface area contributed by atoms with Gasteiger partial charge in [-0.15, -0.1) is 0 Å². The summed E-state index contributed by atoms with van der Waals surface area (Å²) in [4.78, 5) is 0. The predicted octanol–water partition coefficient (Wildman–Crippen LogP) is 5.41. The van der Waals surface area contributed by atoms with Crippen LogP contribution < -0.4 is 0 Å². The van der Waals surface area contributed by atoms with Crippen LogP contribution in [0, 0.1) is 33.5 Å². The van der Waals surface area contributed by atoms with Gasteiger partial charge in [0.2, 0.25) is 0 Å². The van der Waals surface area contributed by atoms with Crippen LogP contribution in [0.1, 0.15) is 45.6 Å². The van der Waals surface area contributed by atoms with Gasteiger partial charge in [-0.1, -0.05) is 42.5 Å². The van der Waals surface area contributed by atoms with Gasteiger partial charge in [0.15, 0.2) is 0 Å². The molecule has 0 heterocycles. The predicted molar refractivity (Wildman–Crippen MR) is 90.1 cm³/mol. The third-order valence-corrected chi connectivity index (χ3v) is 4.38. The van der Waals surface area contributed by atoms with Crippen molar-refractivity contribution in [3.05, 3.63) is 48.0 Å². The molecule has 0 aliphatic rings. The van der Waals surface area contributed by atoms with Crippen LogP contribution in [0.4, 0.5) is 0 Å². The van der Waals surface area contributed by atoms with Gasteiger partial charge in [-0.05, 0) is 50.5 Å². The maximum absolute atomic E-state index is 9.63. The molecule has 2 nitrogen and oxygen atoms in total. The molecule has 0 radical (unpaired) electrons. The van der Waals surface area contributed by atoms with Crippen LogP contribution in [-0.4, -0.2) is 0 Å². The van der Waals surface area contributed by atoms with Gasteiger partial charge in [0, 0.05) is 5.92 Å². The van der Waals surface area contributed by atoms with Gasteiger partial charge in [0.1, 0.15) is 0 Å². The van der Waals surface area contributed by atoms with Gasteiger partial charge in [0.05, 0.1) is 23.0 Å². The summed E-state index contributed by atoms with van der Waals surface area (Å²) in [6.45, 7) is 7.82. The second kappa shape index (κ2) is 5.82. The van der Waals surface area contributed by atoms with Crippen molar-refractivity contribution in [2.24, 2.45) is 10.8 Å². The summed E-state index contributed by atoms with van der Waals surface area (Å²) >= 11 is 0. The molecule has 0 aromatic heterocycles. The molecule has 2 aromatic rings. The average molecular weight is 290 g/mol. The Kier molecular flexibility index (Phi) is 4.25. The molecule has 112 valence electrons. The molecule has 0 unspecified atom stereocenters. The van der Waals surface area contributed by atoms with Gasteiger partial charge in [-0.25, -0.2) is 0 Å². The largest absolute Gasteiger partial charge is 0.198 e. The smallest absolute Gasteiger partial charge is 0.0690 e. The van der Waals surface area contributed by atoms with Crippen molar-refractivity contribution in [3.8, 4) is 12.1 Å². The summed E-state index contributed by atoms with van der Waals surface area (Å²) in [6, 6.07) is 19.3. The van der Waals surface area contributed by atoms with E-state index >= 15 is 0 Å². The van der Waals surface area contributed by atoms with E-state index < -0.39 is 10.8 Å². The minimum absolute atomic E-state index is 0.0123. The Morgan fingerprint density at radius 1 is 0.909 bits per heavy atom. The number of nitriles is 2. The number of rotatable bonds is 4. The van der Waals surface area contributed by atoms with Crippen LogP contribution in [0.2, 0.25) is 0 Å². The van der Waals surface area contributed by atoms with E-state index in [2.05, 4.69) is 36.4 Å². The lowest BCUT2D eigenvalue weighted by atomic mass is 9.68. The van der Waals surface area contributed by atoms with Crippen molar-refractivity contribution in [1.29, 1.82) is 10.5 Å². The SMILES string of the molecule is CC(C)(C#N)C[C@H](c1cccc2ccccc12)C(C)(C)C#N. The Bertz CT molecular complexity index is 752. The first-order chi connectivity index (χ1) is 10.3. The van der Waals surface area contributed by atoms with Crippen molar-refractivity contribution in [2.45, 2.75) is 40.0 Å². The van der Waals surface area contributed by atoms with Crippen LogP contribution in [0.15, 0.2) is 42.5 Å². The third kappa shape index (κ3) is 3.12. The van der Waals surface area contributed by atoms with E-state index in [9.17, 15) is 10.5 Å². The molecule has 2 heteroatoms. The highest BCUT2D eigenvalue weighted by atomic mass is 14.4. The summed E-state index contributed by atoms with van der Waals surface area (Å²) < 4.78 is 0. The number of fused-ring (bicyclic) bond motifs is 1. The molecule has 0 spiro atoms. The molecular formula is C20H22N2. The van der Waals surface area contributed by atoms with Crippen molar-refractivity contribution < 1.29 is 0 Å². The Hall–Kier alpha value is -2.32. The van der Waals surface area contributed by atoms with E-state index in [1.807, 2.05) is 45.9 Å². The lowest BCUT2D eigenvalue weighted by molar-refractivity contribution is 0.292. The van der Waals surface area contributed by atoms with Crippen LogP contribution in [0.3, 0.4) is 0 Å². The summed E-state index contributed by atoms with van der Waals surface area (Å²) in [7, 11) is 0. The molecule has 0 aliphatic carbocycles. The first-order valence-electron chi connectivity index (χ1n) is 7.61. The molecule has 22 heavy (non-hydrogen) atoms. The second-order valence-corrected chi connectivity index (χ2v) is 7.15. The zero-order valence-electron chi connectivity index (χ0n) is 13.7. The Labute approximate surface area is 133 Å². The van der Waals surface area contributed by atoms with Gasteiger partial charge < -0.3 is 0 Å². The number of benzene rings is 2. The highest BCUT2D eigenvalue weighted by Crippen LogP contribution is 2.45. The van der Waals surface area contributed by atoms with Crippen molar-refractivity contribution in [1.82, 2.24) is 0 Å². The maximum Gasteiger partial charge on any atom is 0.0690 e. The highest BCUT2D eigenvalue weighted by Gasteiger charge is 2.36. The van der Waals surface area contributed by atoms with E-state index in [4.69, 9.17) is 0 Å². The third-order valence-electron chi connectivity index (χ3n) is 4.38. The number of hydrogen-bond donors (Lipinski definition) is 0. The van der Waals surface area contributed by atoms with Gasteiger partial charge >= 0.3 is 0 Å². The molecule has 0 aliphatic heterocycles. The molecule has 0 amide bonds. The molecule has 2 aromatic carbocycles. The lowest BCUT2D eigenvalue weighted by Gasteiger charge is -2.33. The fourth-order valence-electron chi connectivity index (χ4n) is 2.94. The van der Waals surface area contributed by atoms with Gasteiger partial charge in [-0.3, -0.25) is 0 Å². The van der Waals surface area contributed by atoms with Crippen molar-refractivity contribution in [2.75, 3.05) is 0 Å². The summed E-state index contributed by atoms with van der Waals surface area (Å²) in [5.41, 5.74) is 0.168. The Morgan fingerprint density at radius 3 is 2.18 bits per heavy atom. The molecule has 0 bridgehead atoms. The first kappa shape index (κ1) is 16.1. The Morgan fingerprint density at radius 2 is 1.55 bits per heavy atom. The monoisotopic (exact) mass is 290 g/mol. The number of hydrogen-bond acceptors (Lipinski definition) is 2. The molecule has 0 saturated heterocycles. The maximum atomic E-state index is 9.63. The Balaban J connectivity index is 2.63. The summed E-state index contributed by atoms with van der Waals surface area (Å²) in [5.74, 6) is 0.0123. The second-order valence-electron chi connectivity index (χ2n) is 7.15. The van der Waals surface area contributed by atoms with E-state index in [-0.39, 0.29) is 5.92 Å². The summed E-state index contributed by atoms with van der Waals surface area (Å²) in [5, 5.41) is 21.4.